The predicted octanol–water partition coefficient (Wildman–Crippen LogP) is 23.7. The Hall–Kier alpha value is -9.59. The maximum Gasteiger partial charge on any atom is 0.450 e. The Morgan fingerprint density at radius 1 is 0.409 bits per heavy atom. The van der Waals surface area contributed by atoms with Gasteiger partial charge >= 0.3 is 60.9 Å². The van der Waals surface area contributed by atoms with Crippen LogP contribution in [0.3, 0.4) is 0 Å². The third-order valence-electron chi connectivity index (χ3n) is 20.8. The number of halogens is 10. The fourth-order valence-electron chi connectivity index (χ4n) is 12.2. The van der Waals surface area contributed by atoms with Crippen LogP contribution in [0.25, 0.3) is 60.9 Å². The minimum atomic E-state index is -7.33. The molecule has 11 aromatic rings. The molecule has 137 heavy (non-hydrogen) atoms. The molecule has 1 atom stereocenters. The highest BCUT2D eigenvalue weighted by Gasteiger charge is 2.81. The maximum atomic E-state index is 13.6. The van der Waals surface area contributed by atoms with E-state index in [1.807, 2.05) is 6.92 Å². The van der Waals surface area contributed by atoms with E-state index in [2.05, 4.69) is 212 Å². The van der Waals surface area contributed by atoms with E-state index < -0.39 is 134 Å². The molecule has 9 aromatic carbocycles. The number of esters is 4. The molecule has 0 saturated carbocycles. The fourth-order valence-corrected chi connectivity index (χ4v) is 21.4. The largest absolute Gasteiger partial charge is 0.743 e. The molecule has 1 aliphatic heterocycles. The van der Waals surface area contributed by atoms with Crippen molar-refractivity contribution < 1.29 is 148 Å². The van der Waals surface area contributed by atoms with Gasteiger partial charge in [0.15, 0.2) is 63.8 Å². The molecule has 40 heteroatoms. The summed E-state index contributed by atoms with van der Waals surface area (Å²) < 4.78 is 277. The second-order valence-corrected chi connectivity index (χ2v) is 42.7. The lowest BCUT2D eigenvalue weighted by Gasteiger charge is -2.32. The average Bonchev–Trinajstić information content (AvgIpc) is 1.69. The van der Waals surface area contributed by atoms with Gasteiger partial charge in [-0.1, -0.05) is 189 Å². The fraction of sp³-hybridized carbons (Fsp3) is 0.423. The SMILES string of the molecule is C.C.C.C.C.C.CCC(C)(C)C(=O)OCCOC(=O)C(F)(F)S(=O)(=O)[O-].CCC(C)(C)C(=O)OCCOC(=O)C(F)(F)S(=O)(=O)[O-].CCC(C)c1ccc(OS(=O)(=O)C(F)(F)C(F)(F)C(F)(F)S(=O)(=O)[O-])cc1.CCCCOc1ccc([S+]2CCCC2)c2ccccc12.OCCc1ccc(-[s+]2c3ccccc3c3ccccc32)cc1.OCCc1ccc(-[s+]2c3ccccc3c3ccccc32)cc1. The van der Waals surface area contributed by atoms with Crippen molar-refractivity contribution in [2.45, 2.75) is 202 Å². The number of carbonyl (C=O) groups excluding carboxylic acids is 4. The third kappa shape index (κ3) is 31.0. The molecule has 12 rings (SSSR count). The Labute approximate surface area is 805 Å². The number of hydrogen-bond acceptors (Lipinski definition) is 23. The van der Waals surface area contributed by atoms with E-state index in [4.69, 9.17) is 14.9 Å². The van der Waals surface area contributed by atoms with Crippen LogP contribution in [-0.2, 0) is 102 Å². The number of fused-ring (bicyclic) bond motifs is 7. The molecule has 0 amide bonds. The topological polar surface area (TPSA) is 370 Å². The molecule has 1 unspecified atom stereocenters. The van der Waals surface area contributed by atoms with Crippen LogP contribution in [0.2, 0.25) is 0 Å². The van der Waals surface area contributed by atoms with Gasteiger partial charge in [0.1, 0.15) is 49.4 Å². The zero-order valence-electron chi connectivity index (χ0n) is 72.5. The minimum absolute atomic E-state index is 0. The first-order valence-corrected chi connectivity index (χ1v) is 50.5. The molecule has 0 bridgehead atoms. The lowest BCUT2D eigenvalue weighted by Crippen LogP contribution is -2.61. The number of carbonyl (C=O) groups is 4. The van der Waals surface area contributed by atoms with Gasteiger partial charge in [0.2, 0.25) is 0 Å². The number of alkyl halides is 10. The Balaban J connectivity index is 0.000000817. The van der Waals surface area contributed by atoms with E-state index in [1.54, 1.807) is 53.4 Å². The van der Waals surface area contributed by atoms with E-state index in [0.29, 0.717) is 35.7 Å². The van der Waals surface area contributed by atoms with Gasteiger partial charge in [-0.15, -0.1) is 0 Å². The third-order valence-corrected chi connectivity index (χ3v) is 31.8. The summed E-state index contributed by atoms with van der Waals surface area (Å²) in [4.78, 5) is 48.6. The molecule has 23 nitrogen and oxygen atoms in total. The first kappa shape index (κ1) is 125. The molecule has 762 valence electrons. The number of rotatable bonds is 33. The second kappa shape index (κ2) is 53.7. The highest BCUT2D eigenvalue weighted by molar-refractivity contribution is 7.97. The normalized spacial score (nSPS) is 12.8. The molecular weight excluding hydrogens is 1950 g/mol. The first-order valence-electron chi connectivity index (χ1n) is 40.9. The average molecular weight is 2070 g/mol. The number of benzene rings is 9. The monoisotopic (exact) mass is 2070 g/mol. The maximum absolute atomic E-state index is 13.6. The second-order valence-electron chi connectivity index (χ2n) is 30.7. The van der Waals surface area contributed by atoms with Gasteiger partial charge in [0.05, 0.1) is 17.4 Å². The molecule has 3 heterocycles. The van der Waals surface area contributed by atoms with Gasteiger partial charge in [-0.05, 0) is 205 Å². The molecule has 2 N–H and O–H groups in total. The summed E-state index contributed by atoms with van der Waals surface area (Å²) in [5, 5.41) is 2.28. The molecule has 1 aliphatic rings. The van der Waals surface area contributed by atoms with Crippen molar-refractivity contribution in [3.63, 3.8) is 0 Å². The molecule has 1 saturated heterocycles. The number of aliphatic hydroxyl groups excluding tert-OH is 2. The Kier molecular flexibility index (Phi) is 49.2. The first-order chi connectivity index (χ1) is 61.3. The van der Waals surface area contributed by atoms with Gasteiger partial charge < -0.3 is 51.7 Å². The van der Waals surface area contributed by atoms with Crippen LogP contribution in [0.1, 0.15) is 174 Å². The van der Waals surface area contributed by atoms with Crippen LogP contribution in [0.4, 0.5) is 43.9 Å². The minimum Gasteiger partial charge on any atom is -0.743 e. The van der Waals surface area contributed by atoms with E-state index in [0.717, 1.165) is 43.8 Å². The molecule has 2 aromatic heterocycles. The summed E-state index contributed by atoms with van der Waals surface area (Å²) in [7, 11) is -26.0. The van der Waals surface area contributed by atoms with Crippen LogP contribution < -0.4 is 8.92 Å². The Morgan fingerprint density at radius 2 is 0.737 bits per heavy atom. The molecule has 0 spiro atoms. The van der Waals surface area contributed by atoms with Gasteiger partial charge in [-0.3, -0.25) is 9.59 Å². The van der Waals surface area contributed by atoms with Crippen molar-refractivity contribution in [1.82, 2.24) is 0 Å². The highest BCUT2D eigenvalue weighted by atomic mass is 32.2. The zero-order chi connectivity index (χ0) is 97.5. The number of aliphatic hydroxyl groups is 2. The van der Waals surface area contributed by atoms with E-state index in [9.17, 15) is 110 Å². The van der Waals surface area contributed by atoms with Gasteiger partial charge in [0, 0.05) is 77.4 Å². The van der Waals surface area contributed by atoms with E-state index >= 15 is 0 Å². The number of thiophene rings is 2. The smallest absolute Gasteiger partial charge is 0.450 e. The summed E-state index contributed by atoms with van der Waals surface area (Å²) in [6.07, 6.45) is 8.14. The standard InChI is InChI=1S/2C20H17OS.C18H23OS.C13H14F6O6S2.2C10H16F2O7S.6CH4/c2*21-14-13-15-9-11-16(12-10-15)22-19-7-3-1-5-17(19)18-6-2-4-8-20(18)22;1-2-3-12-19-17-10-11-18(20-13-6-7-14-20)16-9-5-4-8-15(16)17;1-3-8(2)9-4-6-10(7-5-9)25-27(23,24)13(18,19)11(14,15)12(16,17)26(20,21)22;2*1-4-9(2,3)7(13)18-5-6-19-8(14)10(11,12)20(15,16)17;;;;;;/h2*1-12,21H,13-14H2;4-5,8-11H,2-3,6-7,12-14H2,1H3;4-8H,3H2,1-2H3,(H,20,21,22);2*4-6H2,1-3H3,(H,15,16,17);6*1H4/q3*+1;;;;;;;;;/p-3. The van der Waals surface area contributed by atoms with Crippen molar-refractivity contribution in [2.24, 2.45) is 10.8 Å². The van der Waals surface area contributed by atoms with Crippen molar-refractivity contribution >= 4 is 147 Å². The number of unbranched alkanes of at least 4 members (excludes halogenated alkanes) is 1. The summed E-state index contributed by atoms with van der Waals surface area (Å²) in [5.74, 6) is -10.5. The van der Waals surface area contributed by atoms with E-state index in [-0.39, 0.29) is 84.6 Å². The quantitative estimate of drug-likeness (QED) is 0.00733. The van der Waals surface area contributed by atoms with Gasteiger partial charge in [0.25, 0.3) is 0 Å². The van der Waals surface area contributed by atoms with Crippen molar-refractivity contribution in [2.75, 3.05) is 57.8 Å². The van der Waals surface area contributed by atoms with Crippen molar-refractivity contribution in [3.8, 4) is 21.3 Å². The number of ether oxygens (including phenoxy) is 5. The summed E-state index contributed by atoms with van der Waals surface area (Å²) in [6, 6.07) is 69.7. The summed E-state index contributed by atoms with van der Waals surface area (Å²) in [5.41, 5.74) is 1.42. The number of hydrogen-bond donors (Lipinski definition) is 2. The van der Waals surface area contributed by atoms with Crippen LogP contribution in [0.15, 0.2) is 211 Å². The highest BCUT2D eigenvalue weighted by Crippen LogP contribution is 2.53. The summed E-state index contributed by atoms with van der Waals surface area (Å²) >= 11 is 0. The van der Waals surface area contributed by atoms with Crippen LogP contribution in [0.5, 0.6) is 11.5 Å². The Morgan fingerprint density at radius 3 is 1.05 bits per heavy atom. The molecule has 0 aliphatic carbocycles. The lowest BCUT2D eigenvalue weighted by molar-refractivity contribution is -0.247. The predicted molar refractivity (Wildman–Crippen MR) is 522 cm³/mol. The van der Waals surface area contributed by atoms with Crippen molar-refractivity contribution in [1.29, 1.82) is 0 Å². The van der Waals surface area contributed by atoms with Crippen LogP contribution >= 0.6 is 20.9 Å². The van der Waals surface area contributed by atoms with E-state index in [1.165, 1.54) is 115 Å². The molecular formula is C97H124F10O23S7. The Bertz CT molecular complexity index is 5840. The van der Waals surface area contributed by atoms with Crippen LogP contribution in [-0.4, -0.2) is 166 Å². The van der Waals surface area contributed by atoms with Gasteiger partial charge in [-0.25, -0.2) is 34.8 Å². The lowest BCUT2D eigenvalue weighted by atomic mass is 9.91. The zero-order valence-corrected chi connectivity index (χ0v) is 78.3. The van der Waals surface area contributed by atoms with Crippen molar-refractivity contribution in [3.05, 3.63) is 223 Å². The summed E-state index contributed by atoms with van der Waals surface area (Å²) in [6.45, 7) is 14.3. The molecule has 0 radical (unpaired) electrons. The van der Waals surface area contributed by atoms with Gasteiger partial charge in [-0.2, -0.15) is 52.3 Å². The van der Waals surface area contributed by atoms with Crippen LogP contribution in [0, 0.1) is 10.8 Å². The molecule has 1 fully saturated rings.